The molecule has 1 aliphatic rings. The van der Waals surface area contributed by atoms with E-state index < -0.39 is 10.0 Å². The van der Waals surface area contributed by atoms with Gasteiger partial charge in [-0.1, -0.05) is 36.7 Å². The van der Waals surface area contributed by atoms with Gasteiger partial charge in [-0.3, -0.25) is 9.36 Å². The van der Waals surface area contributed by atoms with E-state index in [9.17, 15) is 13.2 Å². The summed E-state index contributed by atoms with van der Waals surface area (Å²) in [7, 11) is -3.53. The molecule has 0 saturated carbocycles. The summed E-state index contributed by atoms with van der Waals surface area (Å²) >= 11 is 1.40. The molecule has 0 aliphatic carbocycles. The fourth-order valence-corrected chi connectivity index (χ4v) is 5.74. The first-order valence-electron chi connectivity index (χ1n) is 9.69. The minimum Gasteiger partial charge on any atom is -0.268 e. The standard InChI is InChI=1S/C21H23N3O3S2/c1-28-21-22-18-8-4-5-9-19(18)24(21)20(25)16-10-12-17(13-11-16)29(26,27)23-14-6-2-3-7-15-23/h4-5,8-13H,2-3,6-7,14-15H2,1H3. The largest absolute Gasteiger partial charge is 0.268 e. The van der Waals surface area contributed by atoms with Gasteiger partial charge in [-0.15, -0.1) is 0 Å². The van der Waals surface area contributed by atoms with Crippen LogP contribution in [0.3, 0.4) is 0 Å². The maximum atomic E-state index is 13.2. The number of hydrogen-bond acceptors (Lipinski definition) is 5. The Morgan fingerprint density at radius 2 is 1.62 bits per heavy atom. The van der Waals surface area contributed by atoms with Crippen LogP contribution in [0.15, 0.2) is 58.6 Å². The van der Waals surface area contributed by atoms with Gasteiger partial charge in [0.15, 0.2) is 5.16 Å². The molecule has 0 unspecified atom stereocenters. The number of imidazole rings is 1. The van der Waals surface area contributed by atoms with Crippen LogP contribution in [0.4, 0.5) is 0 Å². The Morgan fingerprint density at radius 3 is 2.28 bits per heavy atom. The van der Waals surface area contributed by atoms with Crippen molar-refractivity contribution in [1.29, 1.82) is 0 Å². The molecule has 2 heterocycles. The summed E-state index contributed by atoms with van der Waals surface area (Å²) in [5.74, 6) is -0.221. The van der Waals surface area contributed by atoms with Crippen LogP contribution in [0, 0.1) is 0 Å². The van der Waals surface area contributed by atoms with Crippen LogP contribution in [0.2, 0.25) is 0 Å². The Balaban J connectivity index is 1.65. The molecule has 152 valence electrons. The number of para-hydroxylation sites is 2. The SMILES string of the molecule is CSc1nc2ccccc2n1C(=O)c1ccc(S(=O)(=O)N2CCCCCC2)cc1. The second-order valence-electron chi connectivity index (χ2n) is 7.07. The van der Waals surface area contributed by atoms with Gasteiger partial charge in [0.2, 0.25) is 10.0 Å². The number of carbonyl (C=O) groups excluding carboxylic acids is 1. The van der Waals surface area contributed by atoms with Crippen LogP contribution in [-0.2, 0) is 10.0 Å². The van der Waals surface area contributed by atoms with E-state index in [2.05, 4.69) is 4.98 Å². The average Bonchev–Trinajstić information content (AvgIpc) is 2.90. The smallest absolute Gasteiger partial charge is 0.264 e. The predicted molar refractivity (Wildman–Crippen MR) is 115 cm³/mol. The number of carbonyl (C=O) groups is 1. The highest BCUT2D eigenvalue weighted by Crippen LogP contribution is 2.25. The Kier molecular flexibility index (Phi) is 5.76. The summed E-state index contributed by atoms with van der Waals surface area (Å²) < 4.78 is 29.0. The molecular weight excluding hydrogens is 406 g/mol. The third-order valence-corrected chi connectivity index (χ3v) is 7.77. The lowest BCUT2D eigenvalue weighted by Gasteiger charge is -2.20. The zero-order chi connectivity index (χ0) is 20.4. The Hall–Kier alpha value is -2.16. The summed E-state index contributed by atoms with van der Waals surface area (Å²) in [5, 5.41) is 0.609. The summed E-state index contributed by atoms with van der Waals surface area (Å²) in [6.45, 7) is 1.11. The molecule has 1 aliphatic heterocycles. The van der Waals surface area contributed by atoms with Gasteiger partial charge in [0.25, 0.3) is 5.91 Å². The maximum Gasteiger partial charge on any atom is 0.264 e. The highest BCUT2D eigenvalue weighted by Gasteiger charge is 2.25. The van der Waals surface area contributed by atoms with Crippen molar-refractivity contribution in [3.63, 3.8) is 0 Å². The average molecular weight is 430 g/mol. The lowest BCUT2D eigenvalue weighted by molar-refractivity contribution is 0.0955. The van der Waals surface area contributed by atoms with Crippen molar-refractivity contribution in [3.8, 4) is 0 Å². The quantitative estimate of drug-likeness (QED) is 0.586. The predicted octanol–water partition coefficient (Wildman–Crippen LogP) is 4.01. The number of thioether (sulfide) groups is 1. The number of nitrogens with zero attached hydrogens (tertiary/aromatic N) is 3. The van der Waals surface area contributed by atoms with Gasteiger partial charge in [0.05, 0.1) is 15.9 Å². The molecule has 4 rings (SSSR count). The highest BCUT2D eigenvalue weighted by molar-refractivity contribution is 7.98. The lowest BCUT2D eigenvalue weighted by atomic mass is 10.2. The molecule has 1 fully saturated rings. The van der Waals surface area contributed by atoms with Gasteiger partial charge in [0, 0.05) is 18.7 Å². The molecule has 0 bridgehead atoms. The number of aromatic nitrogens is 2. The fraction of sp³-hybridized carbons (Fsp3) is 0.333. The zero-order valence-corrected chi connectivity index (χ0v) is 17.9. The van der Waals surface area contributed by atoms with E-state index in [-0.39, 0.29) is 10.8 Å². The molecule has 0 radical (unpaired) electrons. The highest BCUT2D eigenvalue weighted by atomic mass is 32.2. The first kappa shape index (κ1) is 20.1. The van der Waals surface area contributed by atoms with E-state index in [4.69, 9.17) is 0 Å². The van der Waals surface area contributed by atoms with E-state index in [1.165, 1.54) is 23.9 Å². The minimum atomic E-state index is -3.53. The van der Waals surface area contributed by atoms with Gasteiger partial charge in [-0.25, -0.2) is 13.4 Å². The lowest BCUT2D eigenvalue weighted by Crippen LogP contribution is -2.31. The second-order valence-corrected chi connectivity index (χ2v) is 9.78. The van der Waals surface area contributed by atoms with Crippen LogP contribution in [0.1, 0.15) is 36.0 Å². The van der Waals surface area contributed by atoms with Crippen molar-refractivity contribution in [3.05, 3.63) is 54.1 Å². The number of hydrogen-bond donors (Lipinski definition) is 0. The number of benzene rings is 2. The maximum absolute atomic E-state index is 13.2. The Bertz CT molecular complexity index is 1130. The molecule has 8 heteroatoms. The first-order valence-corrected chi connectivity index (χ1v) is 12.4. The normalized spacial score (nSPS) is 16.0. The van der Waals surface area contributed by atoms with Crippen molar-refractivity contribution < 1.29 is 13.2 Å². The first-order chi connectivity index (χ1) is 14.0. The van der Waals surface area contributed by atoms with Crippen molar-refractivity contribution in [2.75, 3.05) is 19.3 Å². The number of rotatable bonds is 4. The number of fused-ring (bicyclic) bond motifs is 1. The van der Waals surface area contributed by atoms with E-state index in [1.807, 2.05) is 30.5 Å². The van der Waals surface area contributed by atoms with Crippen LogP contribution in [-0.4, -0.2) is 47.5 Å². The summed E-state index contributed by atoms with van der Waals surface area (Å²) in [4.78, 5) is 17.9. The second kappa shape index (κ2) is 8.30. The van der Waals surface area contributed by atoms with E-state index in [0.717, 1.165) is 36.7 Å². The molecule has 0 N–H and O–H groups in total. The van der Waals surface area contributed by atoms with Crippen LogP contribution >= 0.6 is 11.8 Å². The summed E-state index contributed by atoms with van der Waals surface area (Å²) in [6.07, 6.45) is 5.79. The third kappa shape index (κ3) is 3.84. The number of sulfonamides is 1. The van der Waals surface area contributed by atoms with Crippen molar-refractivity contribution in [2.24, 2.45) is 0 Å². The van der Waals surface area contributed by atoms with Gasteiger partial charge >= 0.3 is 0 Å². The van der Waals surface area contributed by atoms with E-state index >= 15 is 0 Å². The van der Waals surface area contributed by atoms with Gasteiger partial charge in [-0.05, 0) is 55.5 Å². The van der Waals surface area contributed by atoms with Gasteiger partial charge in [0.1, 0.15) is 0 Å². The minimum absolute atomic E-state index is 0.221. The molecular formula is C21H23N3O3S2. The Morgan fingerprint density at radius 1 is 0.966 bits per heavy atom. The van der Waals surface area contributed by atoms with E-state index in [1.54, 1.807) is 21.0 Å². The molecule has 0 atom stereocenters. The molecule has 6 nitrogen and oxygen atoms in total. The van der Waals surface area contributed by atoms with Crippen molar-refractivity contribution in [2.45, 2.75) is 35.7 Å². The van der Waals surface area contributed by atoms with Crippen LogP contribution in [0.25, 0.3) is 11.0 Å². The summed E-state index contributed by atoms with van der Waals surface area (Å²) in [6, 6.07) is 13.7. The molecule has 3 aromatic rings. The molecule has 1 aromatic heterocycles. The van der Waals surface area contributed by atoms with Crippen LogP contribution < -0.4 is 0 Å². The molecule has 1 saturated heterocycles. The van der Waals surface area contributed by atoms with E-state index in [0.29, 0.717) is 23.8 Å². The summed E-state index contributed by atoms with van der Waals surface area (Å²) in [5.41, 5.74) is 1.92. The van der Waals surface area contributed by atoms with Crippen LogP contribution in [0.5, 0.6) is 0 Å². The monoisotopic (exact) mass is 429 g/mol. The molecule has 2 aromatic carbocycles. The zero-order valence-electron chi connectivity index (χ0n) is 16.2. The Labute approximate surface area is 175 Å². The van der Waals surface area contributed by atoms with Gasteiger partial charge in [-0.2, -0.15) is 4.31 Å². The van der Waals surface area contributed by atoms with Crippen molar-refractivity contribution >= 4 is 38.7 Å². The molecule has 0 spiro atoms. The molecule has 0 amide bonds. The third-order valence-electron chi connectivity index (χ3n) is 5.22. The molecule has 29 heavy (non-hydrogen) atoms. The van der Waals surface area contributed by atoms with Crippen molar-refractivity contribution in [1.82, 2.24) is 13.9 Å². The topological polar surface area (TPSA) is 72.3 Å². The van der Waals surface area contributed by atoms with Gasteiger partial charge < -0.3 is 0 Å². The fourth-order valence-electron chi connectivity index (χ4n) is 3.67.